The van der Waals surface area contributed by atoms with Gasteiger partial charge in [-0.15, -0.1) is 0 Å². The highest BCUT2D eigenvalue weighted by Gasteiger charge is 2.22. The first kappa shape index (κ1) is 15.8. The van der Waals surface area contributed by atoms with E-state index in [1.807, 2.05) is 6.92 Å². The molecule has 2 N–H and O–H groups in total. The second-order valence-electron chi connectivity index (χ2n) is 4.81. The molecule has 2 aromatic rings. The number of carboxylic acids is 1. The molecule has 1 aromatic heterocycles. The molecule has 1 atom stereocenters. The molecule has 0 saturated carbocycles. The maximum atomic E-state index is 12.9. The zero-order chi connectivity index (χ0) is 16.1. The third kappa shape index (κ3) is 3.94. The number of nitrogens with one attached hydrogen (secondary N) is 1. The predicted octanol–water partition coefficient (Wildman–Crippen LogP) is 2.41. The van der Waals surface area contributed by atoms with Gasteiger partial charge in [0.2, 0.25) is 0 Å². The van der Waals surface area contributed by atoms with Crippen LogP contribution in [-0.4, -0.2) is 23.0 Å². The van der Waals surface area contributed by atoms with Crippen molar-refractivity contribution in [1.82, 2.24) is 5.32 Å². The summed E-state index contributed by atoms with van der Waals surface area (Å²) in [5, 5.41) is 11.6. The van der Waals surface area contributed by atoms with Gasteiger partial charge in [0.25, 0.3) is 5.91 Å². The molecule has 5 nitrogen and oxygen atoms in total. The monoisotopic (exact) mass is 305 g/mol. The van der Waals surface area contributed by atoms with E-state index in [1.54, 1.807) is 6.07 Å². The van der Waals surface area contributed by atoms with Gasteiger partial charge in [0.05, 0.1) is 0 Å². The first-order valence-corrected chi connectivity index (χ1v) is 6.86. The Hall–Kier alpha value is -2.63. The van der Waals surface area contributed by atoms with Crippen molar-refractivity contribution in [1.29, 1.82) is 0 Å². The summed E-state index contributed by atoms with van der Waals surface area (Å²) in [6, 6.07) is 7.52. The summed E-state index contributed by atoms with van der Waals surface area (Å²) < 4.78 is 18.1. The average Bonchev–Trinajstić information content (AvgIpc) is 2.97. The van der Waals surface area contributed by atoms with Gasteiger partial charge in [-0.2, -0.15) is 0 Å². The Labute approximate surface area is 126 Å². The number of rotatable bonds is 6. The van der Waals surface area contributed by atoms with Crippen molar-refractivity contribution in [2.45, 2.75) is 25.8 Å². The van der Waals surface area contributed by atoms with E-state index < -0.39 is 23.7 Å². The van der Waals surface area contributed by atoms with E-state index in [4.69, 9.17) is 4.42 Å². The number of hydrogen-bond donors (Lipinski definition) is 2. The Balaban J connectivity index is 2.06. The van der Waals surface area contributed by atoms with Crippen LogP contribution < -0.4 is 5.32 Å². The number of carboxylic acid groups (broad SMARTS) is 1. The fourth-order valence-electron chi connectivity index (χ4n) is 1.98. The van der Waals surface area contributed by atoms with E-state index in [0.717, 1.165) is 0 Å². The zero-order valence-corrected chi connectivity index (χ0v) is 12.0. The molecule has 1 amide bonds. The van der Waals surface area contributed by atoms with Crippen molar-refractivity contribution < 1.29 is 23.5 Å². The molecule has 2 rings (SSSR count). The van der Waals surface area contributed by atoms with Crippen LogP contribution >= 0.6 is 0 Å². The van der Waals surface area contributed by atoms with Gasteiger partial charge in [-0.05, 0) is 29.8 Å². The van der Waals surface area contributed by atoms with E-state index in [2.05, 4.69) is 5.32 Å². The topological polar surface area (TPSA) is 79.5 Å². The molecule has 116 valence electrons. The number of hydrogen-bond acceptors (Lipinski definition) is 3. The molecule has 0 radical (unpaired) electrons. The van der Waals surface area contributed by atoms with Crippen molar-refractivity contribution in [3.63, 3.8) is 0 Å². The van der Waals surface area contributed by atoms with Gasteiger partial charge >= 0.3 is 5.97 Å². The van der Waals surface area contributed by atoms with Crippen LogP contribution in [0, 0.1) is 5.82 Å². The first-order valence-electron chi connectivity index (χ1n) is 6.86. The molecule has 1 heterocycles. The highest BCUT2D eigenvalue weighted by Crippen LogP contribution is 2.10. The number of carbonyl (C=O) groups is 2. The fourth-order valence-corrected chi connectivity index (χ4v) is 1.98. The van der Waals surface area contributed by atoms with E-state index >= 15 is 0 Å². The Kier molecular flexibility index (Phi) is 4.93. The van der Waals surface area contributed by atoms with Crippen LogP contribution in [0.5, 0.6) is 0 Å². The minimum Gasteiger partial charge on any atom is -0.480 e. The molecule has 0 aliphatic rings. The van der Waals surface area contributed by atoms with Gasteiger partial charge in [-0.1, -0.05) is 19.1 Å². The Morgan fingerprint density at radius 3 is 2.45 bits per heavy atom. The lowest BCUT2D eigenvalue weighted by atomic mass is 10.1. The summed E-state index contributed by atoms with van der Waals surface area (Å²) in [6.45, 7) is 1.88. The minimum atomic E-state index is -1.17. The number of aliphatic carboxylic acids is 1. The second-order valence-corrected chi connectivity index (χ2v) is 4.81. The molecule has 1 aromatic carbocycles. The quantitative estimate of drug-likeness (QED) is 0.859. The average molecular weight is 305 g/mol. The van der Waals surface area contributed by atoms with E-state index in [0.29, 0.717) is 17.7 Å². The third-order valence-corrected chi connectivity index (χ3v) is 3.19. The minimum absolute atomic E-state index is 0.0582. The molecular weight excluding hydrogens is 289 g/mol. The molecule has 0 spiro atoms. The number of aryl methyl sites for hydroxylation is 1. The lowest BCUT2D eigenvalue weighted by Crippen LogP contribution is -2.42. The van der Waals surface area contributed by atoms with Crippen LogP contribution in [0.3, 0.4) is 0 Å². The molecule has 0 bridgehead atoms. The molecule has 0 aliphatic carbocycles. The molecule has 22 heavy (non-hydrogen) atoms. The number of amides is 1. The van der Waals surface area contributed by atoms with Crippen molar-refractivity contribution in [3.05, 3.63) is 59.3 Å². The fraction of sp³-hybridized carbons (Fsp3) is 0.250. The first-order chi connectivity index (χ1) is 10.5. The number of furan rings is 1. The lowest BCUT2D eigenvalue weighted by Gasteiger charge is -2.13. The number of benzene rings is 1. The van der Waals surface area contributed by atoms with Gasteiger partial charge in [-0.3, -0.25) is 4.79 Å². The Morgan fingerprint density at radius 2 is 1.91 bits per heavy atom. The van der Waals surface area contributed by atoms with Crippen molar-refractivity contribution in [3.8, 4) is 0 Å². The van der Waals surface area contributed by atoms with Crippen LogP contribution in [0.1, 0.15) is 28.8 Å². The molecule has 0 fully saturated rings. The molecule has 6 heteroatoms. The molecular formula is C16H16FNO4. The summed E-state index contributed by atoms with van der Waals surface area (Å²) in [4.78, 5) is 23.3. The van der Waals surface area contributed by atoms with Gasteiger partial charge in [-0.25, -0.2) is 9.18 Å². The van der Waals surface area contributed by atoms with Crippen LogP contribution in [0.15, 0.2) is 40.8 Å². The largest absolute Gasteiger partial charge is 0.480 e. The maximum Gasteiger partial charge on any atom is 0.326 e. The molecule has 0 aliphatic heterocycles. The Morgan fingerprint density at radius 1 is 1.23 bits per heavy atom. The van der Waals surface area contributed by atoms with Crippen LogP contribution in [0.4, 0.5) is 4.39 Å². The van der Waals surface area contributed by atoms with Crippen molar-refractivity contribution in [2.24, 2.45) is 0 Å². The zero-order valence-electron chi connectivity index (χ0n) is 12.0. The van der Waals surface area contributed by atoms with E-state index in [1.165, 1.54) is 30.3 Å². The van der Waals surface area contributed by atoms with E-state index in [-0.39, 0.29) is 12.2 Å². The standard InChI is InChI=1S/C16H16FNO4/c1-2-12-7-8-14(22-12)15(19)18-13(16(20)21)9-10-3-5-11(17)6-4-10/h3-8,13H,2,9H2,1H3,(H,18,19)(H,20,21)/t13-/m0/s1. The Bertz CT molecular complexity index is 663. The second kappa shape index (κ2) is 6.89. The van der Waals surface area contributed by atoms with E-state index in [9.17, 15) is 19.1 Å². The lowest BCUT2D eigenvalue weighted by molar-refractivity contribution is -0.139. The summed E-state index contributed by atoms with van der Waals surface area (Å²) in [7, 11) is 0. The van der Waals surface area contributed by atoms with Gasteiger partial charge in [0.1, 0.15) is 17.6 Å². The number of carbonyl (C=O) groups excluding carboxylic acids is 1. The third-order valence-electron chi connectivity index (χ3n) is 3.19. The summed E-state index contributed by atoms with van der Waals surface area (Å²) >= 11 is 0. The summed E-state index contributed by atoms with van der Waals surface area (Å²) in [5.41, 5.74) is 0.614. The highest BCUT2D eigenvalue weighted by molar-refractivity contribution is 5.94. The van der Waals surface area contributed by atoms with Gasteiger partial charge < -0.3 is 14.8 Å². The van der Waals surface area contributed by atoms with Crippen molar-refractivity contribution in [2.75, 3.05) is 0 Å². The maximum absolute atomic E-state index is 12.9. The number of halogens is 1. The van der Waals surface area contributed by atoms with Crippen molar-refractivity contribution >= 4 is 11.9 Å². The van der Waals surface area contributed by atoms with Crippen LogP contribution in [0.2, 0.25) is 0 Å². The highest BCUT2D eigenvalue weighted by atomic mass is 19.1. The van der Waals surface area contributed by atoms with Crippen LogP contribution in [-0.2, 0) is 17.6 Å². The summed E-state index contributed by atoms with van der Waals surface area (Å²) in [5.74, 6) is -1.44. The normalized spacial score (nSPS) is 11.9. The van der Waals surface area contributed by atoms with Gasteiger partial charge in [0, 0.05) is 12.8 Å². The predicted molar refractivity (Wildman–Crippen MR) is 77.1 cm³/mol. The summed E-state index contributed by atoms with van der Waals surface area (Å²) in [6.07, 6.45) is 0.702. The van der Waals surface area contributed by atoms with Gasteiger partial charge in [0.15, 0.2) is 5.76 Å². The SMILES string of the molecule is CCc1ccc(C(=O)N[C@@H](Cc2ccc(F)cc2)C(=O)O)o1. The smallest absolute Gasteiger partial charge is 0.326 e. The molecule has 0 saturated heterocycles. The van der Waals surface area contributed by atoms with Crippen LogP contribution in [0.25, 0.3) is 0 Å². The molecule has 0 unspecified atom stereocenters.